The molecule has 0 saturated heterocycles. The Morgan fingerprint density at radius 3 is 1.30 bits per heavy atom. The van der Waals surface area contributed by atoms with Gasteiger partial charge in [-0.1, -0.05) is 0 Å². The molecule has 0 aliphatic rings. The molecular formula is C25H30ClP. The fourth-order valence-electron chi connectivity index (χ4n) is 4.06. The van der Waals surface area contributed by atoms with E-state index in [2.05, 4.69) is 97.9 Å². The number of halogens is 1. The van der Waals surface area contributed by atoms with Crippen LogP contribution in [-0.4, -0.2) is 6.16 Å². The van der Waals surface area contributed by atoms with Crippen molar-refractivity contribution >= 4 is 33.1 Å². The van der Waals surface area contributed by atoms with Gasteiger partial charge >= 0.3 is 169 Å². The predicted octanol–water partition coefficient (Wildman–Crippen LogP) is 6.64. The third kappa shape index (κ3) is 3.98. The summed E-state index contributed by atoms with van der Waals surface area (Å²) >= 11 is 8.02. The molecule has 3 aromatic carbocycles. The van der Waals surface area contributed by atoms with Crippen molar-refractivity contribution in [1.29, 1.82) is 0 Å². The summed E-state index contributed by atoms with van der Waals surface area (Å²) in [6, 6.07) is 32.4. The van der Waals surface area contributed by atoms with E-state index in [1.165, 1.54) is 41.6 Å². The first-order valence-electron chi connectivity index (χ1n) is 10.1. The molecular weight excluding hydrogens is 367 g/mol. The maximum absolute atomic E-state index is 8.02. The fourth-order valence-corrected chi connectivity index (χ4v) is 10.3. The van der Waals surface area contributed by atoms with Crippen LogP contribution in [0.1, 0.15) is 39.0 Å². The van der Waals surface area contributed by atoms with Crippen LogP contribution in [0.2, 0.25) is 0 Å². The first-order chi connectivity index (χ1) is 13.2. The molecule has 0 atom stereocenters. The molecule has 0 aliphatic heterocycles. The summed E-state index contributed by atoms with van der Waals surface area (Å²) in [4.78, 5) is 0. The van der Waals surface area contributed by atoms with Gasteiger partial charge in [0.2, 0.25) is 0 Å². The Labute approximate surface area is 169 Å². The standard InChI is InChI=1S/C25H30ClP/c1-2-3-4-5-15-22-27(26,23-16-9-6-10-17-23,24-18-11-7-12-19-24)25-20-13-8-14-21-25/h6-14,16-21H,2-5,15,22H2,1H3. The molecule has 0 saturated carbocycles. The monoisotopic (exact) mass is 396 g/mol. The summed E-state index contributed by atoms with van der Waals surface area (Å²) < 4.78 is 0. The van der Waals surface area contributed by atoms with Crippen LogP contribution in [0.5, 0.6) is 0 Å². The summed E-state index contributed by atoms with van der Waals surface area (Å²) in [7, 11) is 0. The van der Waals surface area contributed by atoms with Gasteiger partial charge in [-0.05, 0) is 0 Å². The zero-order valence-corrected chi connectivity index (χ0v) is 17.9. The molecule has 142 valence electrons. The van der Waals surface area contributed by atoms with Crippen molar-refractivity contribution in [3.8, 4) is 0 Å². The third-order valence-corrected chi connectivity index (χ3v) is 13.1. The quantitative estimate of drug-likeness (QED) is 0.281. The van der Waals surface area contributed by atoms with Crippen molar-refractivity contribution in [2.75, 3.05) is 6.16 Å². The van der Waals surface area contributed by atoms with Gasteiger partial charge in [-0.2, -0.15) is 0 Å². The average Bonchev–Trinajstić information content (AvgIpc) is 2.75. The van der Waals surface area contributed by atoms with Gasteiger partial charge in [-0.3, -0.25) is 0 Å². The van der Waals surface area contributed by atoms with Crippen molar-refractivity contribution in [3.05, 3.63) is 91.0 Å². The summed E-state index contributed by atoms with van der Waals surface area (Å²) in [6.07, 6.45) is 7.26. The van der Waals surface area contributed by atoms with Crippen LogP contribution in [-0.2, 0) is 0 Å². The molecule has 0 bridgehead atoms. The first-order valence-corrected chi connectivity index (χ1v) is 13.4. The molecule has 2 heteroatoms. The van der Waals surface area contributed by atoms with Gasteiger partial charge in [0.25, 0.3) is 0 Å². The van der Waals surface area contributed by atoms with E-state index in [1.807, 2.05) is 0 Å². The normalized spacial score (nSPS) is 13.0. The van der Waals surface area contributed by atoms with Crippen LogP contribution in [0.15, 0.2) is 91.0 Å². The molecule has 27 heavy (non-hydrogen) atoms. The van der Waals surface area contributed by atoms with E-state index in [0.717, 1.165) is 12.6 Å². The van der Waals surface area contributed by atoms with Gasteiger partial charge in [0, 0.05) is 0 Å². The Morgan fingerprint density at radius 2 is 0.926 bits per heavy atom. The van der Waals surface area contributed by atoms with E-state index in [4.69, 9.17) is 11.2 Å². The average molecular weight is 397 g/mol. The van der Waals surface area contributed by atoms with Crippen molar-refractivity contribution < 1.29 is 0 Å². The number of rotatable bonds is 9. The third-order valence-electron chi connectivity index (χ3n) is 5.57. The number of benzene rings is 3. The van der Waals surface area contributed by atoms with Gasteiger partial charge in [0.15, 0.2) is 0 Å². The van der Waals surface area contributed by atoms with Crippen LogP contribution in [0.4, 0.5) is 0 Å². The van der Waals surface area contributed by atoms with Crippen LogP contribution < -0.4 is 15.9 Å². The summed E-state index contributed by atoms with van der Waals surface area (Å²) in [5.74, 6) is -3.02. The molecule has 0 aromatic heterocycles. The van der Waals surface area contributed by atoms with Crippen molar-refractivity contribution in [2.24, 2.45) is 0 Å². The molecule has 0 radical (unpaired) electrons. The Hall–Kier alpha value is -1.62. The van der Waals surface area contributed by atoms with Crippen molar-refractivity contribution in [1.82, 2.24) is 0 Å². The molecule has 0 aliphatic carbocycles. The molecule has 0 nitrogen and oxygen atoms in total. The predicted molar refractivity (Wildman–Crippen MR) is 125 cm³/mol. The van der Waals surface area contributed by atoms with E-state index in [-0.39, 0.29) is 0 Å². The Bertz CT molecular complexity index is 715. The van der Waals surface area contributed by atoms with E-state index < -0.39 is 5.96 Å². The molecule has 0 unspecified atom stereocenters. The number of hydrogen-bond acceptors (Lipinski definition) is 0. The zero-order valence-electron chi connectivity index (χ0n) is 16.2. The van der Waals surface area contributed by atoms with Gasteiger partial charge in [0.05, 0.1) is 0 Å². The topological polar surface area (TPSA) is 0 Å². The Morgan fingerprint density at radius 1 is 0.556 bits per heavy atom. The van der Waals surface area contributed by atoms with E-state index in [0.29, 0.717) is 0 Å². The second kappa shape index (κ2) is 9.05. The fraction of sp³-hybridized carbons (Fsp3) is 0.280. The minimum atomic E-state index is -3.02. The van der Waals surface area contributed by atoms with Gasteiger partial charge in [-0.25, -0.2) is 0 Å². The SMILES string of the molecule is CCCCCCCP(Cl)(c1ccccc1)(c1ccccc1)c1ccccc1. The molecule has 0 N–H and O–H groups in total. The van der Waals surface area contributed by atoms with Gasteiger partial charge < -0.3 is 0 Å². The molecule has 0 heterocycles. The van der Waals surface area contributed by atoms with Crippen LogP contribution in [0.25, 0.3) is 0 Å². The second-order valence-electron chi connectivity index (χ2n) is 7.33. The van der Waals surface area contributed by atoms with E-state index in [1.54, 1.807) is 0 Å². The molecule has 3 rings (SSSR count). The van der Waals surface area contributed by atoms with Gasteiger partial charge in [0.1, 0.15) is 0 Å². The molecule has 3 aromatic rings. The number of unbranched alkanes of at least 4 members (excludes halogenated alkanes) is 4. The molecule has 0 amide bonds. The molecule has 0 spiro atoms. The minimum absolute atomic E-state index is 1.01. The second-order valence-corrected chi connectivity index (χ2v) is 13.9. The van der Waals surface area contributed by atoms with Crippen LogP contribution in [0, 0.1) is 0 Å². The van der Waals surface area contributed by atoms with Crippen LogP contribution >= 0.6 is 17.2 Å². The summed E-state index contributed by atoms with van der Waals surface area (Å²) in [5, 5.41) is 3.83. The van der Waals surface area contributed by atoms with E-state index >= 15 is 0 Å². The van der Waals surface area contributed by atoms with Crippen LogP contribution in [0.3, 0.4) is 0 Å². The van der Waals surface area contributed by atoms with Gasteiger partial charge in [-0.15, -0.1) is 0 Å². The summed E-state index contributed by atoms with van der Waals surface area (Å²) in [5.41, 5.74) is 0. The van der Waals surface area contributed by atoms with E-state index in [9.17, 15) is 0 Å². The number of hydrogen-bond donors (Lipinski definition) is 0. The van der Waals surface area contributed by atoms with Crippen molar-refractivity contribution in [2.45, 2.75) is 39.0 Å². The first kappa shape index (κ1) is 20.1. The zero-order chi connectivity index (χ0) is 19.0. The Kier molecular flexibility index (Phi) is 6.74. The Balaban J connectivity index is 2.16. The molecule has 0 fully saturated rings. The summed E-state index contributed by atoms with van der Waals surface area (Å²) in [6.45, 7) is 2.26. The maximum atomic E-state index is 8.02. The van der Waals surface area contributed by atoms with Crippen molar-refractivity contribution in [3.63, 3.8) is 0 Å².